The first kappa shape index (κ1) is 13.8. The number of rotatable bonds is 3. The fourth-order valence-electron chi connectivity index (χ4n) is 4.03. The minimum absolute atomic E-state index is 0.267. The minimum atomic E-state index is 0.267. The second kappa shape index (κ2) is 5.71. The Morgan fingerprint density at radius 2 is 2.15 bits per heavy atom. The summed E-state index contributed by atoms with van der Waals surface area (Å²) in [4.78, 5) is 2.53. The van der Waals surface area contributed by atoms with Crippen molar-refractivity contribution in [1.82, 2.24) is 4.90 Å². The Balaban J connectivity index is 1.75. The number of hydrogen-bond donors (Lipinski definition) is 0. The molecule has 1 aromatic carbocycles. The van der Waals surface area contributed by atoms with Gasteiger partial charge in [-0.25, -0.2) is 0 Å². The van der Waals surface area contributed by atoms with E-state index in [1.807, 2.05) is 6.08 Å². The molecule has 0 N–H and O–H groups in total. The highest BCUT2D eigenvalue weighted by Gasteiger charge is 2.44. The van der Waals surface area contributed by atoms with E-state index in [-0.39, 0.29) is 6.10 Å². The Morgan fingerprint density at radius 1 is 1.35 bits per heavy atom. The summed E-state index contributed by atoms with van der Waals surface area (Å²) in [6.45, 7) is 9.53. The van der Waals surface area contributed by atoms with Crippen LogP contribution in [0.5, 0.6) is 0 Å². The summed E-state index contributed by atoms with van der Waals surface area (Å²) in [5.41, 5.74) is 1.78. The van der Waals surface area contributed by atoms with Gasteiger partial charge in [0.15, 0.2) is 0 Å². The van der Waals surface area contributed by atoms with Crippen molar-refractivity contribution in [3.05, 3.63) is 48.6 Å². The summed E-state index contributed by atoms with van der Waals surface area (Å²) in [7, 11) is 0. The first-order valence-corrected chi connectivity index (χ1v) is 7.74. The second-order valence-electron chi connectivity index (χ2n) is 6.53. The monoisotopic (exact) mass is 271 g/mol. The summed E-state index contributed by atoms with van der Waals surface area (Å²) in [6.07, 6.45) is 6.31. The molecule has 0 radical (unpaired) electrons. The van der Waals surface area contributed by atoms with Crippen LogP contribution in [-0.2, 0) is 4.74 Å². The molecule has 108 valence electrons. The van der Waals surface area contributed by atoms with E-state index in [9.17, 15) is 0 Å². The standard InChI is InChI=1S/C18H25NO/c1-3-10-19-11-9-18(14-19)12-15(2)20-17(13-18)16-7-5-4-6-8-16/h3-8,15,17H,1,9-14H2,2H3/t15-,17-,18-/m1/s1. The number of benzene rings is 1. The molecule has 3 atom stereocenters. The van der Waals surface area contributed by atoms with E-state index in [1.165, 1.54) is 31.5 Å². The Morgan fingerprint density at radius 3 is 2.90 bits per heavy atom. The van der Waals surface area contributed by atoms with Crippen LogP contribution in [0.25, 0.3) is 0 Å². The van der Waals surface area contributed by atoms with Crippen LogP contribution in [0.2, 0.25) is 0 Å². The molecule has 2 aliphatic heterocycles. The van der Waals surface area contributed by atoms with Crippen LogP contribution >= 0.6 is 0 Å². The summed E-state index contributed by atoms with van der Waals surface area (Å²) in [6, 6.07) is 10.7. The smallest absolute Gasteiger partial charge is 0.0834 e. The summed E-state index contributed by atoms with van der Waals surface area (Å²) >= 11 is 0. The molecule has 2 aliphatic rings. The highest BCUT2D eigenvalue weighted by Crippen LogP contribution is 2.48. The third-order valence-corrected chi connectivity index (χ3v) is 4.81. The van der Waals surface area contributed by atoms with Crippen molar-refractivity contribution >= 4 is 0 Å². The van der Waals surface area contributed by atoms with E-state index in [2.05, 4.69) is 48.7 Å². The van der Waals surface area contributed by atoms with Gasteiger partial charge in [-0.15, -0.1) is 6.58 Å². The maximum Gasteiger partial charge on any atom is 0.0834 e. The summed E-state index contributed by atoms with van der Waals surface area (Å²) in [5, 5.41) is 0. The van der Waals surface area contributed by atoms with E-state index < -0.39 is 0 Å². The molecule has 0 saturated carbocycles. The number of likely N-dealkylation sites (tertiary alicyclic amines) is 1. The van der Waals surface area contributed by atoms with Gasteiger partial charge >= 0.3 is 0 Å². The number of hydrogen-bond acceptors (Lipinski definition) is 2. The average molecular weight is 271 g/mol. The number of ether oxygens (including phenoxy) is 1. The highest BCUT2D eigenvalue weighted by atomic mass is 16.5. The van der Waals surface area contributed by atoms with Crippen LogP contribution in [0.4, 0.5) is 0 Å². The lowest BCUT2D eigenvalue weighted by molar-refractivity contribution is -0.0944. The van der Waals surface area contributed by atoms with Gasteiger partial charge < -0.3 is 4.74 Å². The van der Waals surface area contributed by atoms with Gasteiger partial charge in [-0.05, 0) is 43.7 Å². The zero-order valence-electron chi connectivity index (χ0n) is 12.4. The molecule has 0 bridgehead atoms. The van der Waals surface area contributed by atoms with Gasteiger partial charge in [-0.3, -0.25) is 4.90 Å². The first-order chi connectivity index (χ1) is 9.71. The second-order valence-corrected chi connectivity index (χ2v) is 6.53. The van der Waals surface area contributed by atoms with Crippen molar-refractivity contribution < 1.29 is 4.74 Å². The van der Waals surface area contributed by atoms with Gasteiger partial charge in [-0.1, -0.05) is 36.4 Å². The molecule has 2 nitrogen and oxygen atoms in total. The molecule has 0 aliphatic carbocycles. The number of nitrogens with zero attached hydrogens (tertiary/aromatic N) is 1. The molecule has 0 aromatic heterocycles. The molecule has 1 spiro atoms. The van der Waals surface area contributed by atoms with E-state index >= 15 is 0 Å². The molecular weight excluding hydrogens is 246 g/mol. The molecule has 1 aromatic rings. The van der Waals surface area contributed by atoms with Gasteiger partial charge in [0.25, 0.3) is 0 Å². The highest BCUT2D eigenvalue weighted by molar-refractivity contribution is 5.19. The SMILES string of the molecule is C=CCN1CC[C@]2(C[C@@H](C)O[C@@H](c3ccccc3)C2)C1. The molecule has 0 unspecified atom stereocenters. The molecular formula is C18H25NO. The molecule has 0 amide bonds. The Hall–Kier alpha value is -1.12. The maximum absolute atomic E-state index is 6.22. The first-order valence-electron chi connectivity index (χ1n) is 7.74. The van der Waals surface area contributed by atoms with Crippen LogP contribution in [-0.4, -0.2) is 30.6 Å². The lowest BCUT2D eigenvalue weighted by atomic mass is 9.74. The quantitative estimate of drug-likeness (QED) is 0.775. The fraction of sp³-hybridized carbons (Fsp3) is 0.556. The maximum atomic E-state index is 6.22. The van der Waals surface area contributed by atoms with Gasteiger partial charge in [0.1, 0.15) is 0 Å². The van der Waals surface area contributed by atoms with Crippen molar-refractivity contribution in [2.24, 2.45) is 5.41 Å². The minimum Gasteiger partial charge on any atom is -0.371 e. The Labute approximate surface area is 122 Å². The summed E-state index contributed by atoms with van der Waals surface area (Å²) in [5.74, 6) is 0. The van der Waals surface area contributed by atoms with Crippen LogP contribution in [0.1, 0.15) is 37.9 Å². The molecule has 3 rings (SSSR count). The van der Waals surface area contributed by atoms with Crippen molar-refractivity contribution in [3.8, 4) is 0 Å². The molecule has 2 saturated heterocycles. The Bertz CT molecular complexity index is 458. The Kier molecular flexibility index (Phi) is 3.95. The zero-order valence-corrected chi connectivity index (χ0v) is 12.4. The molecule has 20 heavy (non-hydrogen) atoms. The molecule has 2 heteroatoms. The van der Waals surface area contributed by atoms with Gasteiger partial charge in [0.05, 0.1) is 12.2 Å². The summed E-state index contributed by atoms with van der Waals surface area (Å²) < 4.78 is 6.22. The average Bonchev–Trinajstić information content (AvgIpc) is 2.81. The largest absolute Gasteiger partial charge is 0.371 e. The molecule has 2 heterocycles. The van der Waals surface area contributed by atoms with E-state index in [0.717, 1.165) is 13.0 Å². The van der Waals surface area contributed by atoms with Crippen molar-refractivity contribution in [2.45, 2.75) is 38.4 Å². The van der Waals surface area contributed by atoms with Gasteiger partial charge in [0, 0.05) is 13.1 Å². The van der Waals surface area contributed by atoms with E-state index in [4.69, 9.17) is 4.74 Å². The van der Waals surface area contributed by atoms with Crippen molar-refractivity contribution in [2.75, 3.05) is 19.6 Å². The third kappa shape index (κ3) is 2.82. The van der Waals surface area contributed by atoms with Gasteiger partial charge in [0.2, 0.25) is 0 Å². The predicted octanol–water partition coefficient (Wildman–Crippen LogP) is 3.80. The third-order valence-electron chi connectivity index (χ3n) is 4.81. The van der Waals surface area contributed by atoms with E-state index in [1.54, 1.807) is 0 Å². The zero-order chi connectivity index (χ0) is 14.0. The topological polar surface area (TPSA) is 12.5 Å². The van der Waals surface area contributed by atoms with Crippen molar-refractivity contribution in [1.29, 1.82) is 0 Å². The molecule has 2 fully saturated rings. The van der Waals surface area contributed by atoms with E-state index in [0.29, 0.717) is 11.5 Å². The predicted molar refractivity (Wildman–Crippen MR) is 82.7 cm³/mol. The van der Waals surface area contributed by atoms with Crippen molar-refractivity contribution in [3.63, 3.8) is 0 Å². The van der Waals surface area contributed by atoms with Gasteiger partial charge in [-0.2, -0.15) is 0 Å². The van der Waals surface area contributed by atoms with Crippen LogP contribution in [0.15, 0.2) is 43.0 Å². The van der Waals surface area contributed by atoms with Crippen LogP contribution in [0.3, 0.4) is 0 Å². The normalized spacial score (nSPS) is 34.5. The lowest BCUT2D eigenvalue weighted by Crippen LogP contribution is -2.38. The lowest BCUT2D eigenvalue weighted by Gasteiger charge is -2.41. The van der Waals surface area contributed by atoms with Crippen LogP contribution < -0.4 is 0 Å². The fourth-order valence-corrected chi connectivity index (χ4v) is 4.03. The van der Waals surface area contributed by atoms with Crippen LogP contribution in [0, 0.1) is 5.41 Å².